The molecule has 164 valence electrons. The van der Waals surface area contributed by atoms with Crippen molar-refractivity contribution in [3.8, 4) is 11.1 Å². The van der Waals surface area contributed by atoms with Crippen molar-refractivity contribution < 1.29 is 9.59 Å². The standard InChI is InChI=1S/C29H26N2O2/c30-28(32)26(20-21-16-18-23(19-17-21)22-10-4-1-5-11-22)31-29(33)27(24-12-6-2-7-13-24)25-14-8-3-9-15-25/h1-19,26-27H,20H2,(H2,30,32)(H,31,33)/t26-/m1/s1. The van der Waals surface area contributed by atoms with Gasteiger partial charge in [-0.05, 0) is 27.8 Å². The number of hydrogen-bond acceptors (Lipinski definition) is 2. The summed E-state index contributed by atoms with van der Waals surface area (Å²) in [5, 5.41) is 2.89. The van der Waals surface area contributed by atoms with Gasteiger partial charge in [-0.1, -0.05) is 115 Å². The van der Waals surface area contributed by atoms with Gasteiger partial charge in [-0.15, -0.1) is 0 Å². The van der Waals surface area contributed by atoms with E-state index in [-0.39, 0.29) is 5.91 Å². The molecular weight excluding hydrogens is 408 g/mol. The van der Waals surface area contributed by atoms with Crippen molar-refractivity contribution in [3.63, 3.8) is 0 Å². The van der Waals surface area contributed by atoms with Crippen LogP contribution in [0.2, 0.25) is 0 Å². The predicted molar refractivity (Wildman–Crippen MR) is 131 cm³/mol. The van der Waals surface area contributed by atoms with Crippen LogP contribution in [0.5, 0.6) is 0 Å². The lowest BCUT2D eigenvalue weighted by atomic mass is 9.90. The van der Waals surface area contributed by atoms with Crippen LogP contribution in [-0.2, 0) is 16.0 Å². The molecule has 4 aromatic carbocycles. The maximum Gasteiger partial charge on any atom is 0.240 e. The summed E-state index contributed by atoms with van der Waals surface area (Å²) < 4.78 is 0. The summed E-state index contributed by atoms with van der Waals surface area (Å²) in [7, 11) is 0. The topological polar surface area (TPSA) is 72.2 Å². The van der Waals surface area contributed by atoms with E-state index in [4.69, 9.17) is 5.73 Å². The summed E-state index contributed by atoms with van der Waals surface area (Å²) in [5.41, 5.74) is 10.5. The zero-order valence-electron chi connectivity index (χ0n) is 18.2. The van der Waals surface area contributed by atoms with Gasteiger partial charge in [0.2, 0.25) is 11.8 Å². The number of amides is 2. The number of nitrogens with one attached hydrogen (secondary N) is 1. The van der Waals surface area contributed by atoms with Gasteiger partial charge in [0.25, 0.3) is 0 Å². The normalized spacial score (nSPS) is 11.7. The van der Waals surface area contributed by atoms with Crippen LogP contribution >= 0.6 is 0 Å². The van der Waals surface area contributed by atoms with Crippen molar-refractivity contribution in [2.75, 3.05) is 0 Å². The van der Waals surface area contributed by atoms with Crippen LogP contribution in [0.4, 0.5) is 0 Å². The van der Waals surface area contributed by atoms with E-state index in [0.29, 0.717) is 6.42 Å². The fraction of sp³-hybridized carbons (Fsp3) is 0.103. The summed E-state index contributed by atoms with van der Waals surface area (Å²) in [6.07, 6.45) is 0.326. The van der Waals surface area contributed by atoms with E-state index in [1.165, 1.54) is 0 Å². The van der Waals surface area contributed by atoms with E-state index in [2.05, 4.69) is 17.4 Å². The van der Waals surface area contributed by atoms with Gasteiger partial charge in [0, 0.05) is 6.42 Å². The van der Waals surface area contributed by atoms with E-state index in [0.717, 1.165) is 27.8 Å². The van der Waals surface area contributed by atoms with E-state index in [1.54, 1.807) is 0 Å². The first kappa shape index (κ1) is 22.0. The van der Waals surface area contributed by atoms with Crippen molar-refractivity contribution >= 4 is 11.8 Å². The van der Waals surface area contributed by atoms with Gasteiger partial charge in [0.05, 0.1) is 5.92 Å². The molecule has 0 aliphatic heterocycles. The minimum atomic E-state index is -0.810. The number of hydrogen-bond donors (Lipinski definition) is 2. The third kappa shape index (κ3) is 5.55. The quantitative estimate of drug-likeness (QED) is 0.422. The highest BCUT2D eigenvalue weighted by atomic mass is 16.2. The van der Waals surface area contributed by atoms with Crippen molar-refractivity contribution in [1.82, 2.24) is 5.32 Å². The molecule has 0 heterocycles. The maximum absolute atomic E-state index is 13.4. The highest BCUT2D eigenvalue weighted by Gasteiger charge is 2.27. The van der Waals surface area contributed by atoms with Crippen LogP contribution in [0.1, 0.15) is 22.6 Å². The van der Waals surface area contributed by atoms with Crippen LogP contribution in [0.25, 0.3) is 11.1 Å². The minimum absolute atomic E-state index is 0.253. The summed E-state index contributed by atoms with van der Waals surface area (Å²) in [5.74, 6) is -1.35. The Balaban J connectivity index is 1.53. The molecular formula is C29H26N2O2. The SMILES string of the molecule is NC(=O)[C@@H](Cc1ccc(-c2ccccc2)cc1)NC(=O)C(c1ccccc1)c1ccccc1. The third-order valence-electron chi connectivity index (χ3n) is 5.69. The zero-order chi connectivity index (χ0) is 23.0. The second kappa shape index (κ2) is 10.4. The minimum Gasteiger partial charge on any atom is -0.368 e. The van der Waals surface area contributed by atoms with Gasteiger partial charge >= 0.3 is 0 Å². The second-order valence-corrected chi connectivity index (χ2v) is 7.98. The van der Waals surface area contributed by atoms with Crippen LogP contribution in [0, 0.1) is 0 Å². The predicted octanol–water partition coefficient (Wildman–Crippen LogP) is 4.70. The number of primary amides is 1. The average Bonchev–Trinajstić information content (AvgIpc) is 2.86. The van der Waals surface area contributed by atoms with E-state index >= 15 is 0 Å². The molecule has 0 aromatic heterocycles. The molecule has 4 heteroatoms. The van der Waals surface area contributed by atoms with Gasteiger partial charge in [-0.2, -0.15) is 0 Å². The fourth-order valence-corrected chi connectivity index (χ4v) is 3.96. The Morgan fingerprint density at radius 3 is 1.58 bits per heavy atom. The van der Waals surface area contributed by atoms with Crippen molar-refractivity contribution in [2.45, 2.75) is 18.4 Å². The molecule has 2 amide bonds. The van der Waals surface area contributed by atoms with Gasteiger partial charge in [0.1, 0.15) is 6.04 Å². The second-order valence-electron chi connectivity index (χ2n) is 7.98. The molecule has 0 aliphatic carbocycles. The maximum atomic E-state index is 13.4. The van der Waals surface area contributed by atoms with Crippen LogP contribution in [-0.4, -0.2) is 17.9 Å². The summed E-state index contributed by atoms with van der Waals surface area (Å²) >= 11 is 0. The molecule has 0 saturated carbocycles. The van der Waals surface area contributed by atoms with E-state index in [9.17, 15) is 9.59 Å². The number of nitrogens with two attached hydrogens (primary N) is 1. The molecule has 4 rings (SSSR count). The Hall–Kier alpha value is -4.18. The Morgan fingerprint density at radius 1 is 0.636 bits per heavy atom. The first-order valence-corrected chi connectivity index (χ1v) is 11.0. The molecule has 0 aliphatic rings. The Kier molecular flexibility index (Phi) is 6.96. The number of rotatable bonds is 8. The van der Waals surface area contributed by atoms with Crippen molar-refractivity contribution in [1.29, 1.82) is 0 Å². The molecule has 1 atom stereocenters. The number of carbonyl (C=O) groups excluding carboxylic acids is 2. The first-order valence-electron chi connectivity index (χ1n) is 11.0. The van der Waals surface area contributed by atoms with Crippen LogP contribution < -0.4 is 11.1 Å². The molecule has 3 N–H and O–H groups in total. The van der Waals surface area contributed by atoms with E-state index in [1.807, 2.05) is 103 Å². The lowest BCUT2D eigenvalue weighted by molar-refractivity contribution is -0.127. The van der Waals surface area contributed by atoms with Crippen LogP contribution in [0.15, 0.2) is 115 Å². The Bertz CT molecular complexity index is 1150. The molecule has 0 saturated heterocycles. The number of benzene rings is 4. The molecule has 0 radical (unpaired) electrons. The lowest BCUT2D eigenvalue weighted by Gasteiger charge is -2.22. The van der Waals surface area contributed by atoms with Gasteiger partial charge in [-0.25, -0.2) is 0 Å². The smallest absolute Gasteiger partial charge is 0.240 e. The van der Waals surface area contributed by atoms with Gasteiger partial charge in [-0.3, -0.25) is 9.59 Å². The van der Waals surface area contributed by atoms with Gasteiger partial charge < -0.3 is 11.1 Å². The van der Waals surface area contributed by atoms with Crippen LogP contribution in [0.3, 0.4) is 0 Å². The molecule has 4 aromatic rings. The average molecular weight is 435 g/mol. The summed E-state index contributed by atoms with van der Waals surface area (Å²) in [6, 6.07) is 36.3. The molecule has 33 heavy (non-hydrogen) atoms. The van der Waals surface area contributed by atoms with Crippen molar-refractivity contribution in [3.05, 3.63) is 132 Å². The summed E-state index contributed by atoms with van der Waals surface area (Å²) in [6.45, 7) is 0. The summed E-state index contributed by atoms with van der Waals surface area (Å²) in [4.78, 5) is 25.6. The van der Waals surface area contributed by atoms with E-state index < -0.39 is 17.9 Å². The zero-order valence-corrected chi connectivity index (χ0v) is 18.2. The molecule has 0 unspecified atom stereocenters. The number of carbonyl (C=O) groups is 2. The molecule has 0 fully saturated rings. The Labute approximate surface area is 194 Å². The van der Waals surface area contributed by atoms with Gasteiger partial charge in [0.15, 0.2) is 0 Å². The first-order chi connectivity index (χ1) is 16.1. The highest BCUT2D eigenvalue weighted by molar-refractivity contribution is 5.92. The van der Waals surface area contributed by atoms with Crippen molar-refractivity contribution in [2.24, 2.45) is 5.73 Å². The monoisotopic (exact) mass is 434 g/mol. The molecule has 0 bridgehead atoms. The third-order valence-corrected chi connectivity index (χ3v) is 5.69. The lowest BCUT2D eigenvalue weighted by Crippen LogP contribution is -2.47. The largest absolute Gasteiger partial charge is 0.368 e. The molecule has 0 spiro atoms. The Morgan fingerprint density at radius 2 is 1.09 bits per heavy atom. The molecule has 4 nitrogen and oxygen atoms in total. The highest BCUT2D eigenvalue weighted by Crippen LogP contribution is 2.25. The fourth-order valence-electron chi connectivity index (χ4n) is 3.96.